The Morgan fingerprint density at radius 1 is 0.765 bits per heavy atom. The number of carbonyl (C=O) groups is 7. The summed E-state index contributed by atoms with van der Waals surface area (Å²) in [6, 6.07) is 0. The first-order valence-corrected chi connectivity index (χ1v) is 17.0. The third kappa shape index (κ3) is 8.79. The van der Waals surface area contributed by atoms with Crippen LogP contribution in [-0.4, -0.2) is 102 Å². The minimum atomic E-state index is -2.28. The van der Waals surface area contributed by atoms with Crippen LogP contribution >= 0.6 is 0 Å². The maximum absolute atomic E-state index is 15.1. The van der Waals surface area contributed by atoms with Crippen molar-refractivity contribution < 1.29 is 71.5 Å². The third-order valence-electron chi connectivity index (χ3n) is 9.54. The zero-order valence-corrected chi connectivity index (χ0v) is 31.5. The van der Waals surface area contributed by atoms with Crippen molar-refractivity contribution in [2.45, 2.75) is 143 Å². The van der Waals surface area contributed by atoms with Gasteiger partial charge in [-0.1, -0.05) is 41.2 Å². The SMILES string of the molecule is C=C1[C@H](OCC(C)C)[C@@H](OC(C)=O)[C@@H](OC(C)=O)C(C)(C)[C@@H]2OC2[C@@H](C)C(=O)[C@@]2(OC(C)=O)C[C@@](C)(OC(C)=O)[C@H](OC(C)=O)[C@@H]2[C@H]1OC(C)=O. The molecule has 0 radical (unpaired) electrons. The Bertz CT molecular complexity index is 1430. The molecule has 3 fully saturated rings. The van der Waals surface area contributed by atoms with Crippen LogP contribution in [0.25, 0.3) is 0 Å². The number of Topliss-reactive ketones (excluding diaryl/α,β-unsaturated/α-hetero) is 1. The molecule has 0 aromatic rings. The van der Waals surface area contributed by atoms with Gasteiger partial charge in [-0.15, -0.1) is 0 Å². The number of fused-ring (bicyclic) bond motifs is 2. The molecule has 2 saturated carbocycles. The van der Waals surface area contributed by atoms with Crippen LogP contribution in [0.1, 0.15) is 89.5 Å². The Labute approximate surface area is 298 Å². The Morgan fingerprint density at radius 3 is 1.75 bits per heavy atom. The second-order valence-electron chi connectivity index (χ2n) is 15.0. The molecule has 0 bridgehead atoms. The molecular formula is C36H52O15. The van der Waals surface area contributed by atoms with Crippen molar-refractivity contribution in [3.05, 3.63) is 12.2 Å². The lowest BCUT2D eigenvalue weighted by Crippen LogP contribution is -2.60. The van der Waals surface area contributed by atoms with E-state index in [2.05, 4.69) is 6.58 Å². The predicted molar refractivity (Wildman–Crippen MR) is 175 cm³/mol. The van der Waals surface area contributed by atoms with Gasteiger partial charge in [0.25, 0.3) is 0 Å². The van der Waals surface area contributed by atoms with Gasteiger partial charge in [-0.05, 0) is 18.4 Å². The van der Waals surface area contributed by atoms with Crippen molar-refractivity contribution in [2.75, 3.05) is 6.61 Å². The van der Waals surface area contributed by atoms with Crippen LogP contribution in [0.15, 0.2) is 12.2 Å². The van der Waals surface area contributed by atoms with Crippen molar-refractivity contribution in [1.29, 1.82) is 0 Å². The Balaban J connectivity index is 2.54. The lowest BCUT2D eigenvalue weighted by atomic mass is 9.69. The van der Waals surface area contributed by atoms with Crippen molar-refractivity contribution in [1.82, 2.24) is 0 Å². The van der Waals surface area contributed by atoms with E-state index in [0.29, 0.717) is 0 Å². The summed E-state index contributed by atoms with van der Waals surface area (Å²) in [6.45, 7) is 21.1. The number of hydrogen-bond acceptors (Lipinski definition) is 15. The highest BCUT2D eigenvalue weighted by atomic mass is 16.6. The standard InChI is InChI=1S/C36H52O15/c1-16(2)14-44-27-17(3)26(45-19(5)37)25-31(47-21(7)39)35(13,50-23(9)41)15-36(25,51-24(10)42)30(43)18(4)28-32(49-28)34(11,12)33(48-22(8)40)29(27)46-20(6)38/h16,18,25-29,31-33H,3,14-15H2,1-2,4-13H3/t18-,25+,26+,27+,28?,29-,31-,32-,33-,35-,36-/m1/s1. The van der Waals surface area contributed by atoms with Crippen LogP contribution in [0.5, 0.6) is 0 Å². The summed E-state index contributed by atoms with van der Waals surface area (Å²) in [6.07, 6.45) is -9.59. The number of carbonyl (C=O) groups excluding carboxylic acids is 7. The molecule has 51 heavy (non-hydrogen) atoms. The molecule has 15 nitrogen and oxygen atoms in total. The van der Waals surface area contributed by atoms with Crippen LogP contribution in [0.4, 0.5) is 0 Å². The molecule has 0 spiro atoms. The van der Waals surface area contributed by atoms with Crippen molar-refractivity contribution >= 4 is 41.6 Å². The highest BCUT2D eigenvalue weighted by molar-refractivity contribution is 5.93. The molecule has 0 aromatic carbocycles. The molecule has 0 amide bonds. The van der Waals surface area contributed by atoms with Gasteiger partial charge in [-0.3, -0.25) is 33.6 Å². The van der Waals surface area contributed by atoms with Gasteiger partial charge in [0, 0.05) is 65.9 Å². The minimum Gasteiger partial charge on any atom is -0.458 e. The molecular weight excluding hydrogens is 672 g/mol. The van der Waals surface area contributed by atoms with E-state index >= 15 is 4.79 Å². The normalized spacial score (nSPS) is 35.9. The highest BCUT2D eigenvalue weighted by Crippen LogP contribution is 2.56. The van der Waals surface area contributed by atoms with Crippen LogP contribution in [0.3, 0.4) is 0 Å². The second kappa shape index (κ2) is 15.4. The number of ether oxygens (including phenoxy) is 8. The van der Waals surface area contributed by atoms with E-state index < -0.39 is 119 Å². The van der Waals surface area contributed by atoms with E-state index in [-0.39, 0.29) is 18.1 Å². The van der Waals surface area contributed by atoms with Gasteiger partial charge in [0.15, 0.2) is 29.2 Å². The van der Waals surface area contributed by atoms with Gasteiger partial charge < -0.3 is 37.9 Å². The van der Waals surface area contributed by atoms with E-state index in [0.717, 1.165) is 34.6 Å². The second-order valence-corrected chi connectivity index (χ2v) is 15.0. The van der Waals surface area contributed by atoms with Crippen LogP contribution in [-0.2, 0) is 71.5 Å². The fraction of sp³-hybridized carbons (Fsp3) is 0.750. The summed E-state index contributed by atoms with van der Waals surface area (Å²) in [5.41, 5.74) is -5.41. The lowest BCUT2D eigenvalue weighted by Gasteiger charge is -2.45. The fourth-order valence-corrected chi connectivity index (χ4v) is 7.75. The zero-order chi connectivity index (χ0) is 39.0. The zero-order valence-electron chi connectivity index (χ0n) is 31.5. The van der Waals surface area contributed by atoms with Gasteiger partial charge in [0.1, 0.15) is 18.3 Å². The first-order valence-electron chi connectivity index (χ1n) is 17.0. The van der Waals surface area contributed by atoms with Gasteiger partial charge in [-0.2, -0.15) is 0 Å². The minimum absolute atomic E-state index is 0.0261. The number of ketones is 1. The highest BCUT2D eigenvalue weighted by Gasteiger charge is 2.74. The topological polar surface area (TPSA) is 197 Å². The van der Waals surface area contributed by atoms with Crippen LogP contribution in [0.2, 0.25) is 0 Å². The Kier molecular flexibility index (Phi) is 12.6. The number of esters is 6. The average Bonchev–Trinajstić information content (AvgIpc) is 3.74. The molecule has 1 heterocycles. The first-order chi connectivity index (χ1) is 23.4. The van der Waals surface area contributed by atoms with Crippen molar-refractivity contribution in [2.24, 2.45) is 23.2 Å². The molecule has 15 heteroatoms. The average molecular weight is 725 g/mol. The summed E-state index contributed by atoms with van der Waals surface area (Å²) < 4.78 is 47.9. The van der Waals surface area contributed by atoms with E-state index in [1.165, 1.54) is 13.8 Å². The van der Waals surface area contributed by atoms with E-state index in [1.54, 1.807) is 20.8 Å². The molecule has 11 atom stereocenters. The molecule has 3 aliphatic rings. The molecule has 1 aliphatic heterocycles. The van der Waals surface area contributed by atoms with Gasteiger partial charge in [0.2, 0.25) is 0 Å². The van der Waals surface area contributed by atoms with E-state index in [4.69, 9.17) is 37.9 Å². The van der Waals surface area contributed by atoms with Gasteiger partial charge >= 0.3 is 35.8 Å². The lowest BCUT2D eigenvalue weighted by molar-refractivity contribution is -0.198. The monoisotopic (exact) mass is 724 g/mol. The van der Waals surface area contributed by atoms with Crippen molar-refractivity contribution in [3.63, 3.8) is 0 Å². The quantitative estimate of drug-likeness (QED) is 0.146. The predicted octanol–water partition coefficient (Wildman–Crippen LogP) is 2.97. The summed E-state index contributed by atoms with van der Waals surface area (Å²) in [4.78, 5) is 91.9. The molecule has 1 unspecified atom stereocenters. The summed E-state index contributed by atoms with van der Waals surface area (Å²) in [5, 5.41) is 0. The molecule has 3 rings (SSSR count). The summed E-state index contributed by atoms with van der Waals surface area (Å²) >= 11 is 0. The van der Waals surface area contributed by atoms with Gasteiger partial charge in [0.05, 0.1) is 18.1 Å². The maximum atomic E-state index is 15.1. The Hall–Kier alpha value is -3.85. The maximum Gasteiger partial charge on any atom is 0.303 e. The third-order valence-corrected chi connectivity index (χ3v) is 9.54. The smallest absolute Gasteiger partial charge is 0.303 e. The fourth-order valence-electron chi connectivity index (χ4n) is 7.75. The summed E-state index contributed by atoms with van der Waals surface area (Å²) in [7, 11) is 0. The number of hydrogen-bond donors (Lipinski definition) is 0. The molecule has 1 saturated heterocycles. The molecule has 0 N–H and O–H groups in total. The van der Waals surface area contributed by atoms with Crippen molar-refractivity contribution in [3.8, 4) is 0 Å². The molecule has 286 valence electrons. The largest absolute Gasteiger partial charge is 0.458 e. The number of epoxide rings is 1. The Morgan fingerprint density at radius 2 is 1.27 bits per heavy atom. The van der Waals surface area contributed by atoms with Crippen LogP contribution < -0.4 is 0 Å². The first kappa shape index (κ1) is 41.6. The molecule has 0 aromatic heterocycles. The summed E-state index contributed by atoms with van der Waals surface area (Å²) in [5.74, 6) is -8.45. The molecule has 2 aliphatic carbocycles. The van der Waals surface area contributed by atoms with Gasteiger partial charge in [-0.25, -0.2) is 0 Å². The van der Waals surface area contributed by atoms with E-state index in [9.17, 15) is 28.8 Å². The van der Waals surface area contributed by atoms with Crippen LogP contribution in [0, 0.1) is 23.2 Å². The van der Waals surface area contributed by atoms with E-state index in [1.807, 2.05) is 13.8 Å². The number of rotatable bonds is 9.